The van der Waals surface area contributed by atoms with E-state index in [0.29, 0.717) is 5.71 Å². The topological polar surface area (TPSA) is 58.5 Å². The van der Waals surface area contributed by atoms with Gasteiger partial charge in [-0.25, -0.2) is 4.99 Å². The van der Waals surface area contributed by atoms with Crippen LogP contribution in [0.25, 0.3) is 0 Å². The van der Waals surface area contributed by atoms with Crippen molar-refractivity contribution in [2.24, 2.45) is 10.9 Å². The highest BCUT2D eigenvalue weighted by Gasteiger charge is 2.43. The van der Waals surface area contributed by atoms with E-state index in [1.54, 1.807) is 11.3 Å². The first-order valence-corrected chi connectivity index (χ1v) is 10.5. The van der Waals surface area contributed by atoms with Crippen molar-refractivity contribution < 1.29 is 9.59 Å². The summed E-state index contributed by atoms with van der Waals surface area (Å²) in [6.45, 7) is 4.01. The summed E-state index contributed by atoms with van der Waals surface area (Å²) in [5.41, 5.74) is 2.91. The zero-order chi connectivity index (χ0) is 19.0. The number of nitrogens with one attached hydrogen (secondary N) is 1. The molecule has 0 spiro atoms. The molecule has 2 amide bonds. The molecule has 27 heavy (non-hydrogen) atoms. The highest BCUT2D eigenvalue weighted by Crippen LogP contribution is 2.44. The Kier molecular flexibility index (Phi) is 4.72. The molecule has 1 fully saturated rings. The van der Waals surface area contributed by atoms with Crippen LogP contribution in [-0.4, -0.2) is 17.5 Å². The Morgan fingerprint density at radius 2 is 2.15 bits per heavy atom. The van der Waals surface area contributed by atoms with Crippen molar-refractivity contribution >= 4 is 28.9 Å². The fourth-order valence-electron chi connectivity index (χ4n) is 4.49. The van der Waals surface area contributed by atoms with Crippen LogP contribution in [-0.2, 0) is 15.0 Å². The van der Waals surface area contributed by atoms with E-state index in [9.17, 15) is 9.59 Å². The first-order chi connectivity index (χ1) is 13.0. The zero-order valence-corrected chi connectivity index (χ0v) is 16.6. The number of nitrogens with zero attached hydrogens (tertiary/aromatic N) is 1. The molecule has 2 heterocycles. The van der Waals surface area contributed by atoms with E-state index < -0.39 is 5.41 Å². The summed E-state index contributed by atoms with van der Waals surface area (Å²) in [6.07, 6.45) is 10.4. The molecular formula is C22H24N2O2S. The van der Waals surface area contributed by atoms with Gasteiger partial charge < -0.3 is 5.32 Å². The number of thiophene rings is 1. The van der Waals surface area contributed by atoms with E-state index >= 15 is 0 Å². The predicted octanol–water partition coefficient (Wildman–Crippen LogP) is 4.45. The molecule has 1 atom stereocenters. The number of carbonyl (C=O) groups is 2. The highest BCUT2D eigenvalue weighted by atomic mass is 32.1. The molecule has 4 rings (SSSR count). The van der Waals surface area contributed by atoms with Crippen LogP contribution in [0.5, 0.6) is 0 Å². The maximum Gasteiger partial charge on any atom is 0.257 e. The Bertz CT molecular complexity index is 897. The maximum absolute atomic E-state index is 13.2. The van der Waals surface area contributed by atoms with Gasteiger partial charge in [0.25, 0.3) is 11.8 Å². The van der Waals surface area contributed by atoms with Crippen LogP contribution in [0.1, 0.15) is 50.8 Å². The summed E-state index contributed by atoms with van der Waals surface area (Å²) < 4.78 is 0. The minimum absolute atomic E-state index is 0.0377. The Morgan fingerprint density at radius 1 is 1.37 bits per heavy atom. The van der Waals surface area contributed by atoms with Crippen molar-refractivity contribution in [1.82, 2.24) is 5.32 Å². The summed E-state index contributed by atoms with van der Waals surface area (Å²) in [7, 11) is 0. The van der Waals surface area contributed by atoms with Gasteiger partial charge in [-0.05, 0) is 49.8 Å². The van der Waals surface area contributed by atoms with Crippen molar-refractivity contribution in [3.8, 4) is 0 Å². The second kappa shape index (κ2) is 7.04. The number of allylic oxidation sites excluding steroid dienone is 3. The number of amides is 2. The third-order valence-corrected chi connectivity index (χ3v) is 7.09. The third kappa shape index (κ3) is 3.04. The average molecular weight is 381 g/mol. The minimum Gasteiger partial charge on any atom is -0.325 e. The van der Waals surface area contributed by atoms with Crippen LogP contribution in [0.3, 0.4) is 0 Å². The van der Waals surface area contributed by atoms with E-state index in [0.717, 1.165) is 53.8 Å². The molecule has 3 aliphatic rings. The molecule has 5 heteroatoms. The van der Waals surface area contributed by atoms with Gasteiger partial charge in [-0.15, -0.1) is 11.3 Å². The molecule has 1 aromatic rings. The molecule has 4 nitrogen and oxygen atoms in total. The molecule has 1 aromatic heterocycles. The lowest BCUT2D eigenvalue weighted by Gasteiger charge is -2.29. The van der Waals surface area contributed by atoms with E-state index in [1.165, 1.54) is 0 Å². The van der Waals surface area contributed by atoms with Crippen LogP contribution in [0.4, 0.5) is 0 Å². The van der Waals surface area contributed by atoms with Crippen LogP contribution in [0.15, 0.2) is 57.6 Å². The van der Waals surface area contributed by atoms with Gasteiger partial charge in [0.1, 0.15) is 0 Å². The Morgan fingerprint density at radius 3 is 2.81 bits per heavy atom. The van der Waals surface area contributed by atoms with Crippen LogP contribution in [0.2, 0.25) is 0 Å². The summed E-state index contributed by atoms with van der Waals surface area (Å²) in [6, 6.07) is 4.06. The van der Waals surface area contributed by atoms with Crippen molar-refractivity contribution in [2.75, 3.05) is 0 Å². The Hall–Kier alpha value is -2.27. The summed E-state index contributed by atoms with van der Waals surface area (Å²) in [5, 5.41) is 5.01. The molecule has 140 valence electrons. The normalized spacial score (nSPS) is 25.4. The maximum atomic E-state index is 13.2. The number of rotatable bonds is 3. The quantitative estimate of drug-likeness (QED) is 0.842. The van der Waals surface area contributed by atoms with E-state index in [4.69, 9.17) is 0 Å². The molecule has 0 aromatic carbocycles. The highest BCUT2D eigenvalue weighted by molar-refractivity contribution is 7.10. The zero-order valence-electron chi connectivity index (χ0n) is 15.7. The number of carbonyl (C=O) groups excluding carboxylic acids is 2. The Labute approximate surface area is 163 Å². The van der Waals surface area contributed by atoms with Gasteiger partial charge in [0, 0.05) is 22.1 Å². The lowest BCUT2D eigenvalue weighted by Crippen LogP contribution is -2.36. The van der Waals surface area contributed by atoms with Gasteiger partial charge in [0.2, 0.25) is 0 Å². The number of hydrogen-bond acceptors (Lipinski definition) is 3. The largest absolute Gasteiger partial charge is 0.325 e. The van der Waals surface area contributed by atoms with Crippen molar-refractivity contribution in [1.29, 1.82) is 0 Å². The SMILES string of the molecule is CCC1=C(C)C2C=CC(=NC(=O)C3(c4cccs4)CCCC3)C=C2NC1=O. The van der Waals surface area contributed by atoms with Crippen LogP contribution in [0, 0.1) is 5.92 Å². The molecule has 1 saturated carbocycles. The summed E-state index contributed by atoms with van der Waals surface area (Å²) >= 11 is 1.64. The van der Waals surface area contributed by atoms with E-state index in [-0.39, 0.29) is 17.7 Å². The predicted molar refractivity (Wildman–Crippen MR) is 109 cm³/mol. The Balaban J connectivity index is 1.65. The second-order valence-electron chi connectivity index (χ2n) is 7.51. The van der Waals surface area contributed by atoms with Gasteiger partial charge in [0.15, 0.2) is 0 Å². The summed E-state index contributed by atoms with van der Waals surface area (Å²) in [5.74, 6) is -0.0187. The monoisotopic (exact) mass is 380 g/mol. The third-order valence-electron chi connectivity index (χ3n) is 6.02. The molecule has 0 bridgehead atoms. The first-order valence-electron chi connectivity index (χ1n) is 9.63. The number of hydrogen-bond donors (Lipinski definition) is 1. The van der Waals surface area contributed by atoms with Crippen molar-refractivity contribution in [2.45, 2.75) is 51.4 Å². The smallest absolute Gasteiger partial charge is 0.257 e. The van der Waals surface area contributed by atoms with Gasteiger partial charge in [0.05, 0.1) is 11.1 Å². The van der Waals surface area contributed by atoms with Gasteiger partial charge in [-0.2, -0.15) is 0 Å². The number of aliphatic imine (C=N–C) groups is 1. The fourth-order valence-corrected chi connectivity index (χ4v) is 5.47. The first kappa shape index (κ1) is 18.1. The lowest BCUT2D eigenvalue weighted by molar-refractivity contribution is -0.123. The van der Waals surface area contributed by atoms with Crippen LogP contribution >= 0.6 is 11.3 Å². The molecule has 1 unspecified atom stereocenters. The average Bonchev–Trinajstić information content (AvgIpc) is 3.34. The molecule has 1 aliphatic heterocycles. The summed E-state index contributed by atoms with van der Waals surface area (Å²) in [4.78, 5) is 31.1. The van der Waals surface area contributed by atoms with Gasteiger partial charge >= 0.3 is 0 Å². The second-order valence-corrected chi connectivity index (χ2v) is 8.46. The van der Waals surface area contributed by atoms with Crippen LogP contribution < -0.4 is 5.32 Å². The van der Waals surface area contributed by atoms with Gasteiger partial charge in [-0.3, -0.25) is 9.59 Å². The van der Waals surface area contributed by atoms with Gasteiger partial charge in [-0.1, -0.05) is 37.5 Å². The van der Waals surface area contributed by atoms with Crippen molar-refractivity contribution in [3.05, 3.63) is 57.5 Å². The fraction of sp³-hybridized carbons (Fsp3) is 0.409. The molecule has 2 aliphatic carbocycles. The molecular weight excluding hydrogens is 356 g/mol. The molecule has 0 radical (unpaired) electrons. The molecule has 0 saturated heterocycles. The minimum atomic E-state index is -0.467. The number of fused-ring (bicyclic) bond motifs is 1. The standard InChI is InChI=1S/C22H24N2O2S/c1-3-16-14(2)17-9-8-15(13-18(17)24-20(16)25)23-21(26)22(10-4-5-11-22)19-7-6-12-27-19/h6-9,12-13,17H,3-5,10-11H2,1-2H3,(H,24,25). The van der Waals surface area contributed by atoms with Crippen molar-refractivity contribution in [3.63, 3.8) is 0 Å². The van der Waals surface area contributed by atoms with E-state index in [1.807, 2.05) is 43.5 Å². The van der Waals surface area contributed by atoms with E-state index in [2.05, 4.69) is 16.4 Å². The molecule has 1 N–H and O–H groups in total. The lowest BCUT2D eigenvalue weighted by atomic mass is 9.83.